The molecule has 1 aliphatic heterocycles. The van der Waals surface area contributed by atoms with Crippen molar-refractivity contribution < 1.29 is 4.79 Å². The third-order valence-electron chi connectivity index (χ3n) is 4.13. The fourth-order valence-electron chi connectivity index (χ4n) is 2.76. The van der Waals surface area contributed by atoms with Crippen molar-refractivity contribution in [3.8, 4) is 0 Å². The molecule has 1 amide bonds. The Morgan fingerprint density at radius 2 is 1.90 bits per heavy atom. The number of hydrogen-bond acceptors (Lipinski definition) is 2. The smallest absolute Gasteiger partial charge is 0.249 e. The summed E-state index contributed by atoms with van der Waals surface area (Å²) in [5, 5.41) is 3.32. The molecule has 3 rings (SSSR count). The fourth-order valence-corrected chi connectivity index (χ4v) is 2.76. The SMILES string of the molecule is CCc1ccc(N(C)C(=O)C2Cc3ccccc3N2)cc1. The van der Waals surface area contributed by atoms with Gasteiger partial charge in [-0.3, -0.25) is 4.79 Å². The average molecular weight is 280 g/mol. The number of fused-ring (bicyclic) bond motifs is 1. The lowest BCUT2D eigenvalue weighted by atomic mass is 10.1. The number of nitrogens with one attached hydrogen (secondary N) is 1. The predicted molar refractivity (Wildman–Crippen MR) is 86.8 cm³/mol. The maximum atomic E-state index is 12.6. The highest BCUT2D eigenvalue weighted by atomic mass is 16.2. The molecule has 0 fully saturated rings. The lowest BCUT2D eigenvalue weighted by Crippen LogP contribution is -2.39. The van der Waals surface area contributed by atoms with E-state index in [1.54, 1.807) is 4.90 Å². The Hall–Kier alpha value is -2.29. The van der Waals surface area contributed by atoms with Crippen molar-refractivity contribution in [3.63, 3.8) is 0 Å². The van der Waals surface area contributed by atoms with E-state index in [4.69, 9.17) is 0 Å². The summed E-state index contributed by atoms with van der Waals surface area (Å²) in [5.41, 5.74) is 4.51. The molecule has 0 saturated carbocycles. The molecule has 0 aliphatic carbocycles. The van der Waals surface area contributed by atoms with Gasteiger partial charge in [-0.1, -0.05) is 37.3 Å². The number of carbonyl (C=O) groups is 1. The zero-order chi connectivity index (χ0) is 14.8. The van der Waals surface area contributed by atoms with Crippen LogP contribution in [0, 0.1) is 0 Å². The number of benzene rings is 2. The van der Waals surface area contributed by atoms with Crippen molar-refractivity contribution in [1.29, 1.82) is 0 Å². The van der Waals surface area contributed by atoms with E-state index in [9.17, 15) is 4.79 Å². The monoisotopic (exact) mass is 280 g/mol. The lowest BCUT2D eigenvalue weighted by molar-refractivity contribution is -0.118. The summed E-state index contributed by atoms with van der Waals surface area (Å²) in [6.45, 7) is 2.13. The van der Waals surface area contributed by atoms with Gasteiger partial charge < -0.3 is 10.2 Å². The van der Waals surface area contributed by atoms with Gasteiger partial charge in [0.05, 0.1) is 0 Å². The predicted octanol–water partition coefficient (Wildman–Crippen LogP) is 3.25. The quantitative estimate of drug-likeness (QED) is 0.936. The van der Waals surface area contributed by atoms with E-state index in [-0.39, 0.29) is 11.9 Å². The van der Waals surface area contributed by atoms with Crippen molar-refractivity contribution >= 4 is 17.3 Å². The molecule has 2 aromatic carbocycles. The van der Waals surface area contributed by atoms with Crippen LogP contribution in [0.4, 0.5) is 11.4 Å². The lowest BCUT2D eigenvalue weighted by Gasteiger charge is -2.21. The second kappa shape index (κ2) is 5.60. The summed E-state index contributed by atoms with van der Waals surface area (Å²) in [5.74, 6) is 0.107. The van der Waals surface area contributed by atoms with Crippen LogP contribution in [0.15, 0.2) is 48.5 Å². The van der Waals surface area contributed by atoms with Crippen LogP contribution in [-0.2, 0) is 17.6 Å². The molecule has 0 bridgehead atoms. The van der Waals surface area contributed by atoms with E-state index in [1.807, 2.05) is 37.4 Å². The maximum absolute atomic E-state index is 12.6. The Balaban J connectivity index is 1.73. The number of carbonyl (C=O) groups excluding carboxylic acids is 1. The summed E-state index contributed by atoms with van der Waals surface area (Å²) in [7, 11) is 1.84. The van der Waals surface area contributed by atoms with Gasteiger partial charge in [-0.05, 0) is 35.7 Å². The molecule has 2 aromatic rings. The number of para-hydroxylation sites is 1. The standard InChI is InChI=1S/C18H20N2O/c1-3-13-8-10-15(11-9-13)20(2)18(21)17-12-14-6-4-5-7-16(14)19-17/h4-11,17,19H,3,12H2,1-2H3. The Morgan fingerprint density at radius 1 is 1.19 bits per heavy atom. The van der Waals surface area contributed by atoms with E-state index < -0.39 is 0 Å². The number of rotatable bonds is 3. The molecule has 0 aromatic heterocycles. The molecule has 0 saturated heterocycles. The van der Waals surface area contributed by atoms with Gasteiger partial charge in [0.15, 0.2) is 0 Å². The second-order valence-electron chi connectivity index (χ2n) is 5.48. The molecule has 3 heteroatoms. The largest absolute Gasteiger partial charge is 0.373 e. The number of amides is 1. The van der Waals surface area contributed by atoms with Crippen molar-refractivity contribution in [2.45, 2.75) is 25.8 Å². The molecule has 1 atom stereocenters. The molecular weight excluding hydrogens is 260 g/mol. The van der Waals surface area contributed by atoms with Crippen LogP contribution in [0.2, 0.25) is 0 Å². The van der Waals surface area contributed by atoms with Crippen molar-refractivity contribution in [3.05, 3.63) is 59.7 Å². The van der Waals surface area contributed by atoms with Crippen molar-refractivity contribution in [2.24, 2.45) is 0 Å². The Bertz CT molecular complexity index is 624. The first kappa shape index (κ1) is 13.7. The first-order valence-electron chi connectivity index (χ1n) is 7.40. The molecule has 1 unspecified atom stereocenters. The Morgan fingerprint density at radius 3 is 2.57 bits per heavy atom. The van der Waals surface area contributed by atoms with Gasteiger partial charge in [0.2, 0.25) is 5.91 Å². The molecule has 0 radical (unpaired) electrons. The van der Waals surface area contributed by atoms with Crippen molar-refractivity contribution in [2.75, 3.05) is 17.3 Å². The minimum Gasteiger partial charge on any atom is -0.373 e. The van der Waals surface area contributed by atoms with Crippen LogP contribution in [0.5, 0.6) is 0 Å². The normalized spacial score (nSPS) is 16.2. The van der Waals surface area contributed by atoms with Crippen molar-refractivity contribution in [1.82, 2.24) is 0 Å². The minimum absolute atomic E-state index is 0.107. The van der Waals surface area contributed by atoms with Crippen LogP contribution < -0.4 is 10.2 Å². The van der Waals surface area contributed by atoms with Gasteiger partial charge in [-0.15, -0.1) is 0 Å². The first-order chi connectivity index (χ1) is 10.2. The molecule has 3 nitrogen and oxygen atoms in total. The number of nitrogens with zero attached hydrogens (tertiary/aromatic N) is 1. The third kappa shape index (κ3) is 2.64. The Labute approximate surface area is 125 Å². The van der Waals surface area contributed by atoms with E-state index in [1.165, 1.54) is 11.1 Å². The van der Waals surface area contributed by atoms with E-state index in [0.29, 0.717) is 0 Å². The van der Waals surface area contributed by atoms with Crippen LogP contribution in [0.3, 0.4) is 0 Å². The van der Waals surface area contributed by atoms with Gasteiger partial charge in [0, 0.05) is 24.8 Å². The molecule has 1 N–H and O–H groups in total. The summed E-state index contributed by atoms with van der Waals surface area (Å²) in [6, 6.07) is 16.1. The maximum Gasteiger partial charge on any atom is 0.249 e. The summed E-state index contributed by atoms with van der Waals surface area (Å²) in [6.07, 6.45) is 1.77. The van der Waals surface area contributed by atoms with E-state index in [0.717, 1.165) is 24.2 Å². The molecule has 0 spiro atoms. The summed E-state index contributed by atoms with van der Waals surface area (Å²) < 4.78 is 0. The van der Waals surface area contributed by atoms with Gasteiger partial charge in [-0.2, -0.15) is 0 Å². The Kier molecular flexibility index (Phi) is 3.65. The number of likely N-dealkylation sites (N-methyl/N-ethyl adjacent to an activating group) is 1. The topological polar surface area (TPSA) is 32.3 Å². The van der Waals surface area contributed by atoms with Gasteiger partial charge in [0.1, 0.15) is 6.04 Å². The van der Waals surface area contributed by atoms with Crippen LogP contribution in [-0.4, -0.2) is 19.0 Å². The molecule has 1 heterocycles. The highest BCUT2D eigenvalue weighted by Crippen LogP contribution is 2.27. The fraction of sp³-hybridized carbons (Fsp3) is 0.278. The number of aryl methyl sites for hydroxylation is 1. The van der Waals surface area contributed by atoms with Gasteiger partial charge >= 0.3 is 0 Å². The zero-order valence-corrected chi connectivity index (χ0v) is 12.5. The summed E-state index contributed by atoms with van der Waals surface area (Å²) in [4.78, 5) is 14.4. The zero-order valence-electron chi connectivity index (χ0n) is 12.5. The highest BCUT2D eigenvalue weighted by molar-refractivity contribution is 5.99. The van der Waals surface area contributed by atoms with Crippen LogP contribution in [0.25, 0.3) is 0 Å². The van der Waals surface area contributed by atoms with Gasteiger partial charge in [0.25, 0.3) is 0 Å². The van der Waals surface area contributed by atoms with E-state index in [2.05, 4.69) is 30.4 Å². The van der Waals surface area contributed by atoms with Crippen LogP contribution in [0.1, 0.15) is 18.1 Å². The molecular formula is C18H20N2O. The average Bonchev–Trinajstić information content (AvgIpc) is 2.97. The number of hydrogen-bond donors (Lipinski definition) is 1. The molecule has 1 aliphatic rings. The van der Waals surface area contributed by atoms with Gasteiger partial charge in [-0.25, -0.2) is 0 Å². The third-order valence-corrected chi connectivity index (χ3v) is 4.13. The molecule has 21 heavy (non-hydrogen) atoms. The second-order valence-corrected chi connectivity index (χ2v) is 5.48. The number of anilines is 2. The highest BCUT2D eigenvalue weighted by Gasteiger charge is 2.29. The first-order valence-corrected chi connectivity index (χ1v) is 7.40. The molecule has 108 valence electrons. The summed E-state index contributed by atoms with van der Waals surface area (Å²) >= 11 is 0. The van der Waals surface area contributed by atoms with E-state index >= 15 is 0 Å². The minimum atomic E-state index is -0.168. The van der Waals surface area contributed by atoms with Crippen LogP contribution >= 0.6 is 0 Å².